The van der Waals surface area contributed by atoms with Gasteiger partial charge in [-0.15, -0.1) is 0 Å². The first-order valence-corrected chi connectivity index (χ1v) is 9.83. The zero-order chi connectivity index (χ0) is 21.2. The molecular weight excluding hydrogens is 360 g/mol. The first kappa shape index (κ1) is 20.8. The summed E-state index contributed by atoms with van der Waals surface area (Å²) >= 11 is 0. The van der Waals surface area contributed by atoms with Crippen LogP contribution in [0.2, 0.25) is 0 Å². The fraction of sp³-hybridized carbons (Fsp3) is 0.269. The molecule has 0 spiro atoms. The first-order chi connectivity index (χ1) is 13.5. The molecule has 3 rings (SSSR count). The molecule has 0 radical (unpaired) electrons. The second-order valence-electron chi connectivity index (χ2n) is 8.80. The molecule has 2 N–H and O–H groups in total. The molecule has 0 aliphatic heterocycles. The average Bonchev–Trinajstić information content (AvgIpc) is 2.65. The summed E-state index contributed by atoms with van der Waals surface area (Å²) in [7, 11) is 0. The van der Waals surface area contributed by atoms with Crippen molar-refractivity contribution < 1.29 is 15.0 Å². The number of fused-ring (bicyclic) bond motifs is 1. The molecular formula is C26H28O3. The summed E-state index contributed by atoms with van der Waals surface area (Å²) in [5.74, 6) is -0.920. The molecule has 2 aromatic carbocycles. The maximum Gasteiger partial charge on any atom is 0.335 e. The predicted molar refractivity (Wildman–Crippen MR) is 120 cm³/mol. The van der Waals surface area contributed by atoms with Gasteiger partial charge in [0.1, 0.15) is 0 Å². The quantitative estimate of drug-likeness (QED) is 0.623. The molecule has 1 aliphatic rings. The van der Waals surface area contributed by atoms with Crippen LogP contribution in [0.15, 0.2) is 60.7 Å². The lowest BCUT2D eigenvalue weighted by Crippen LogP contribution is -2.21. The van der Waals surface area contributed by atoms with Crippen LogP contribution >= 0.6 is 0 Å². The number of allylic oxidation sites excluding steroid dienone is 3. The van der Waals surface area contributed by atoms with E-state index >= 15 is 0 Å². The van der Waals surface area contributed by atoms with E-state index in [1.165, 1.54) is 11.1 Å². The molecule has 0 aromatic heterocycles. The van der Waals surface area contributed by atoms with Crippen molar-refractivity contribution in [3.8, 4) is 0 Å². The summed E-state index contributed by atoms with van der Waals surface area (Å²) in [6, 6.07) is 13.3. The second kappa shape index (κ2) is 7.84. The summed E-state index contributed by atoms with van der Waals surface area (Å²) in [6.45, 7) is 8.04. The van der Waals surface area contributed by atoms with Crippen molar-refractivity contribution in [3.63, 3.8) is 0 Å². The lowest BCUT2D eigenvalue weighted by atomic mass is 9.73. The summed E-state index contributed by atoms with van der Waals surface area (Å²) in [6.07, 6.45) is 11.0. The number of hydrogen-bond acceptors (Lipinski definition) is 2. The highest BCUT2D eigenvalue weighted by Crippen LogP contribution is 2.40. The Morgan fingerprint density at radius 1 is 1.00 bits per heavy atom. The van der Waals surface area contributed by atoms with Crippen LogP contribution in [0, 0.1) is 0 Å². The van der Waals surface area contributed by atoms with Gasteiger partial charge in [0.25, 0.3) is 0 Å². The molecule has 2 aromatic rings. The monoisotopic (exact) mass is 388 g/mol. The minimum atomic E-state index is -0.920. The van der Waals surface area contributed by atoms with E-state index in [9.17, 15) is 9.90 Å². The minimum Gasteiger partial charge on any atom is -0.478 e. The molecule has 1 aliphatic carbocycles. The standard InChI is InChI=1S/C26H28O3/c1-25(2)15-13-20(14-16-26(3,4)29)22-17-19(9-12-23(22)25)6-5-18-7-10-21(11-8-18)24(27)28/h5-14,16-17,29H,15H2,1-4H3,(H,27,28). The molecule has 150 valence electrons. The molecule has 3 nitrogen and oxygen atoms in total. The Bertz CT molecular complexity index is 997. The molecule has 0 heterocycles. The Labute approximate surface area is 172 Å². The number of hydrogen-bond donors (Lipinski definition) is 2. The van der Waals surface area contributed by atoms with E-state index in [2.05, 4.69) is 38.1 Å². The van der Waals surface area contributed by atoms with Crippen molar-refractivity contribution >= 4 is 23.7 Å². The van der Waals surface area contributed by atoms with Gasteiger partial charge in [0.05, 0.1) is 11.2 Å². The van der Waals surface area contributed by atoms with Crippen LogP contribution < -0.4 is 0 Å². The van der Waals surface area contributed by atoms with Gasteiger partial charge >= 0.3 is 5.97 Å². The van der Waals surface area contributed by atoms with Gasteiger partial charge in [0.15, 0.2) is 0 Å². The van der Waals surface area contributed by atoms with Crippen LogP contribution in [-0.4, -0.2) is 21.8 Å². The summed E-state index contributed by atoms with van der Waals surface area (Å²) in [5, 5.41) is 19.1. The maximum atomic E-state index is 11.0. The third kappa shape index (κ3) is 5.12. The number of aliphatic hydroxyl groups is 1. The maximum absolute atomic E-state index is 11.0. The Morgan fingerprint density at radius 3 is 2.24 bits per heavy atom. The lowest BCUT2D eigenvalue weighted by Gasteiger charge is -2.32. The average molecular weight is 389 g/mol. The largest absolute Gasteiger partial charge is 0.478 e. The summed E-state index contributed by atoms with van der Waals surface area (Å²) in [4.78, 5) is 11.0. The van der Waals surface area contributed by atoms with Crippen molar-refractivity contribution in [2.24, 2.45) is 0 Å². The zero-order valence-electron chi connectivity index (χ0n) is 17.4. The molecule has 0 fully saturated rings. The number of carboxylic acids is 1. The number of benzene rings is 2. The van der Waals surface area contributed by atoms with E-state index in [0.29, 0.717) is 0 Å². The Morgan fingerprint density at radius 2 is 1.62 bits per heavy atom. The molecule has 0 unspecified atom stereocenters. The normalized spacial score (nSPS) is 16.1. The number of aromatic carboxylic acids is 1. The molecule has 0 atom stereocenters. The number of carbonyl (C=O) groups is 1. The van der Waals surface area contributed by atoms with E-state index in [-0.39, 0.29) is 11.0 Å². The van der Waals surface area contributed by atoms with Gasteiger partial charge < -0.3 is 10.2 Å². The van der Waals surface area contributed by atoms with E-state index in [0.717, 1.165) is 23.1 Å². The molecule has 0 bridgehead atoms. The summed E-state index contributed by atoms with van der Waals surface area (Å²) < 4.78 is 0. The van der Waals surface area contributed by atoms with Gasteiger partial charge in [-0.3, -0.25) is 0 Å². The van der Waals surface area contributed by atoms with Gasteiger partial charge in [-0.25, -0.2) is 4.79 Å². The van der Waals surface area contributed by atoms with Crippen LogP contribution in [0.1, 0.15) is 66.7 Å². The summed E-state index contributed by atoms with van der Waals surface area (Å²) in [5.41, 5.74) is 5.14. The molecule has 3 heteroatoms. The number of carboxylic acid groups (broad SMARTS) is 1. The van der Waals surface area contributed by atoms with Gasteiger partial charge in [0, 0.05) is 0 Å². The second-order valence-corrected chi connectivity index (χ2v) is 8.80. The first-order valence-electron chi connectivity index (χ1n) is 9.83. The zero-order valence-corrected chi connectivity index (χ0v) is 17.4. The van der Waals surface area contributed by atoms with Crippen molar-refractivity contribution in [1.29, 1.82) is 0 Å². The van der Waals surface area contributed by atoms with Crippen LogP contribution in [-0.2, 0) is 5.41 Å². The van der Waals surface area contributed by atoms with Gasteiger partial charge in [-0.1, -0.05) is 68.5 Å². The van der Waals surface area contributed by atoms with Crippen LogP contribution in [0.4, 0.5) is 0 Å². The van der Waals surface area contributed by atoms with Gasteiger partial charge in [0.2, 0.25) is 0 Å². The fourth-order valence-electron chi connectivity index (χ4n) is 3.46. The van der Waals surface area contributed by atoms with Crippen LogP contribution in [0.3, 0.4) is 0 Å². The highest BCUT2D eigenvalue weighted by atomic mass is 16.4. The Hall–Kier alpha value is -2.91. The topological polar surface area (TPSA) is 57.5 Å². The minimum absolute atomic E-state index is 0.0658. The SMILES string of the molecule is CC(C)(O)C=CC1=CCC(C)(C)c2ccc(C=Cc3ccc(C(=O)O)cc3)cc21. The van der Waals surface area contributed by atoms with E-state index < -0.39 is 11.6 Å². The van der Waals surface area contributed by atoms with Gasteiger partial charge in [-0.05, 0) is 71.7 Å². The lowest BCUT2D eigenvalue weighted by molar-refractivity contribution is 0.0697. The smallest absolute Gasteiger partial charge is 0.335 e. The third-order valence-electron chi connectivity index (χ3n) is 5.21. The molecule has 29 heavy (non-hydrogen) atoms. The fourth-order valence-corrected chi connectivity index (χ4v) is 3.46. The van der Waals surface area contributed by atoms with Crippen molar-refractivity contribution in [2.45, 2.75) is 45.1 Å². The molecule has 0 amide bonds. The molecule has 0 saturated carbocycles. The highest BCUT2D eigenvalue weighted by Gasteiger charge is 2.27. The molecule has 0 saturated heterocycles. The van der Waals surface area contributed by atoms with E-state index in [1.807, 2.05) is 24.3 Å². The predicted octanol–water partition coefficient (Wildman–Crippen LogP) is 5.95. The van der Waals surface area contributed by atoms with E-state index in [4.69, 9.17) is 5.11 Å². The van der Waals surface area contributed by atoms with E-state index in [1.54, 1.807) is 38.1 Å². The number of rotatable bonds is 5. The third-order valence-corrected chi connectivity index (χ3v) is 5.21. The van der Waals surface area contributed by atoms with Crippen molar-refractivity contribution in [3.05, 3.63) is 88.5 Å². The Balaban J connectivity index is 1.92. The van der Waals surface area contributed by atoms with Crippen LogP contribution in [0.25, 0.3) is 17.7 Å². The Kier molecular flexibility index (Phi) is 5.63. The van der Waals surface area contributed by atoms with Gasteiger partial charge in [-0.2, -0.15) is 0 Å². The highest BCUT2D eigenvalue weighted by molar-refractivity contribution is 5.88. The van der Waals surface area contributed by atoms with Crippen LogP contribution in [0.5, 0.6) is 0 Å². The van der Waals surface area contributed by atoms with Crippen molar-refractivity contribution in [2.75, 3.05) is 0 Å². The van der Waals surface area contributed by atoms with Crippen molar-refractivity contribution in [1.82, 2.24) is 0 Å².